The minimum Gasteiger partial charge on any atom is -0.314 e. The molecule has 1 aliphatic carbocycles. The Morgan fingerprint density at radius 3 is 2.90 bits per heavy atom. The average molecular weight is 328 g/mol. The predicted octanol–water partition coefficient (Wildman–Crippen LogP) is 4.20. The molecular weight excluding hydrogens is 313 g/mol. The van der Waals surface area contributed by atoms with Crippen LogP contribution in [-0.4, -0.2) is 22.8 Å². The fraction of sp³-hybridized carbons (Fsp3) is 0.429. The lowest BCUT2D eigenvalue weighted by Gasteiger charge is -2.01. The second-order valence-electron chi connectivity index (χ2n) is 4.93. The van der Waals surface area contributed by atoms with Crippen molar-refractivity contribution in [3.63, 3.8) is 0 Å². The molecule has 20 heavy (non-hydrogen) atoms. The first kappa shape index (κ1) is 14.3. The van der Waals surface area contributed by atoms with E-state index >= 15 is 0 Å². The molecule has 0 amide bonds. The van der Waals surface area contributed by atoms with Crippen molar-refractivity contribution in [3.05, 3.63) is 33.3 Å². The molecule has 0 bridgehead atoms. The maximum absolute atomic E-state index is 6.20. The topological polar surface area (TPSA) is 37.8 Å². The standard InChI is InChI=1S/C14H15Cl2N3S/c15-11-4-1-3-10(13(11)16)14-19-18-12(20-14)5-2-8-17-9-6-7-9/h1,3-4,9,17H,2,5-8H2. The Morgan fingerprint density at radius 1 is 1.25 bits per heavy atom. The Hall–Kier alpha value is -0.680. The highest BCUT2D eigenvalue weighted by Gasteiger charge is 2.19. The van der Waals surface area contributed by atoms with Crippen LogP contribution in [0.15, 0.2) is 18.2 Å². The van der Waals surface area contributed by atoms with E-state index in [1.165, 1.54) is 12.8 Å². The smallest absolute Gasteiger partial charge is 0.149 e. The van der Waals surface area contributed by atoms with E-state index in [4.69, 9.17) is 23.2 Å². The fourth-order valence-electron chi connectivity index (χ4n) is 1.97. The van der Waals surface area contributed by atoms with Gasteiger partial charge in [-0.1, -0.05) is 46.7 Å². The van der Waals surface area contributed by atoms with E-state index < -0.39 is 0 Å². The van der Waals surface area contributed by atoms with Crippen LogP contribution in [0.2, 0.25) is 10.0 Å². The molecule has 0 unspecified atom stereocenters. The van der Waals surface area contributed by atoms with Crippen molar-refractivity contribution in [1.29, 1.82) is 0 Å². The van der Waals surface area contributed by atoms with Gasteiger partial charge in [-0.3, -0.25) is 0 Å². The normalized spacial score (nSPS) is 14.7. The van der Waals surface area contributed by atoms with Crippen LogP contribution in [0.25, 0.3) is 10.6 Å². The van der Waals surface area contributed by atoms with Crippen LogP contribution in [0, 0.1) is 0 Å². The molecule has 1 fully saturated rings. The Bertz CT molecular complexity index is 596. The first-order valence-corrected chi connectivity index (χ1v) is 8.31. The van der Waals surface area contributed by atoms with Gasteiger partial charge in [-0.25, -0.2) is 0 Å². The van der Waals surface area contributed by atoms with E-state index in [1.54, 1.807) is 17.4 Å². The Morgan fingerprint density at radius 2 is 2.10 bits per heavy atom. The van der Waals surface area contributed by atoms with Crippen LogP contribution >= 0.6 is 34.5 Å². The third-order valence-electron chi connectivity index (χ3n) is 3.23. The van der Waals surface area contributed by atoms with Gasteiger partial charge in [0.15, 0.2) is 0 Å². The van der Waals surface area contributed by atoms with Crippen molar-refractivity contribution in [1.82, 2.24) is 15.5 Å². The molecule has 3 nitrogen and oxygen atoms in total. The number of nitrogens with one attached hydrogen (secondary N) is 1. The van der Waals surface area contributed by atoms with E-state index in [-0.39, 0.29) is 0 Å². The first-order valence-electron chi connectivity index (χ1n) is 6.74. The van der Waals surface area contributed by atoms with Crippen LogP contribution in [0.5, 0.6) is 0 Å². The SMILES string of the molecule is Clc1cccc(-c2nnc(CCCNC3CC3)s2)c1Cl. The monoisotopic (exact) mass is 327 g/mol. The molecule has 6 heteroatoms. The number of halogens is 2. The van der Waals surface area contributed by atoms with Crippen molar-refractivity contribution in [2.24, 2.45) is 0 Å². The zero-order chi connectivity index (χ0) is 13.9. The van der Waals surface area contributed by atoms with Gasteiger partial charge in [-0.05, 0) is 31.9 Å². The largest absolute Gasteiger partial charge is 0.314 e. The second kappa shape index (κ2) is 6.39. The number of hydrogen-bond acceptors (Lipinski definition) is 4. The van der Waals surface area contributed by atoms with Crippen molar-refractivity contribution in [2.75, 3.05) is 6.54 Å². The lowest BCUT2D eigenvalue weighted by Crippen LogP contribution is -2.17. The Balaban J connectivity index is 1.62. The Labute approximate surface area is 132 Å². The summed E-state index contributed by atoms with van der Waals surface area (Å²) < 4.78 is 0. The third-order valence-corrected chi connectivity index (χ3v) is 5.06. The maximum Gasteiger partial charge on any atom is 0.149 e. The van der Waals surface area contributed by atoms with Gasteiger partial charge in [0, 0.05) is 18.0 Å². The van der Waals surface area contributed by atoms with Gasteiger partial charge in [0.25, 0.3) is 0 Å². The molecule has 1 aromatic heterocycles. The Kier molecular flexibility index (Phi) is 4.56. The van der Waals surface area contributed by atoms with Crippen LogP contribution in [-0.2, 0) is 6.42 Å². The molecule has 1 heterocycles. The first-order chi connectivity index (χ1) is 9.74. The molecule has 3 rings (SSSR count). The third kappa shape index (κ3) is 3.50. The summed E-state index contributed by atoms with van der Waals surface area (Å²) in [6.45, 7) is 1.05. The molecule has 0 radical (unpaired) electrons. The predicted molar refractivity (Wildman–Crippen MR) is 84.7 cm³/mol. The highest BCUT2D eigenvalue weighted by Crippen LogP contribution is 2.34. The van der Waals surface area contributed by atoms with Gasteiger partial charge in [-0.2, -0.15) is 0 Å². The summed E-state index contributed by atoms with van der Waals surface area (Å²) in [7, 11) is 0. The molecule has 0 aliphatic heterocycles. The van der Waals surface area contributed by atoms with Crippen molar-refractivity contribution >= 4 is 34.5 Å². The second-order valence-corrected chi connectivity index (χ2v) is 6.78. The van der Waals surface area contributed by atoms with Crippen LogP contribution in [0.1, 0.15) is 24.3 Å². The molecule has 1 saturated carbocycles. The van der Waals surface area contributed by atoms with E-state index in [1.807, 2.05) is 12.1 Å². The number of aromatic nitrogens is 2. The highest BCUT2D eigenvalue weighted by molar-refractivity contribution is 7.14. The highest BCUT2D eigenvalue weighted by atomic mass is 35.5. The minimum atomic E-state index is 0.548. The van der Waals surface area contributed by atoms with E-state index in [2.05, 4.69) is 15.5 Å². The van der Waals surface area contributed by atoms with Gasteiger partial charge in [0.2, 0.25) is 0 Å². The van der Waals surface area contributed by atoms with E-state index in [9.17, 15) is 0 Å². The summed E-state index contributed by atoms with van der Waals surface area (Å²) in [5.74, 6) is 0. The summed E-state index contributed by atoms with van der Waals surface area (Å²) >= 11 is 13.8. The quantitative estimate of drug-likeness (QED) is 0.808. The van der Waals surface area contributed by atoms with Gasteiger partial charge in [0.1, 0.15) is 10.0 Å². The molecular formula is C14H15Cl2N3S. The van der Waals surface area contributed by atoms with Crippen LogP contribution < -0.4 is 5.32 Å². The molecule has 1 aromatic carbocycles. The zero-order valence-electron chi connectivity index (χ0n) is 10.9. The minimum absolute atomic E-state index is 0.548. The van der Waals surface area contributed by atoms with Crippen molar-refractivity contribution < 1.29 is 0 Å². The average Bonchev–Trinajstić information content (AvgIpc) is 3.15. The summed E-state index contributed by atoms with van der Waals surface area (Å²) in [6, 6.07) is 6.35. The number of rotatable bonds is 6. The van der Waals surface area contributed by atoms with Gasteiger partial charge in [0.05, 0.1) is 10.0 Å². The lowest BCUT2D eigenvalue weighted by molar-refractivity contribution is 0.643. The molecule has 0 saturated heterocycles. The molecule has 0 atom stereocenters. The van der Waals surface area contributed by atoms with Gasteiger partial charge < -0.3 is 5.32 Å². The molecule has 106 valence electrons. The zero-order valence-corrected chi connectivity index (χ0v) is 13.2. The maximum atomic E-state index is 6.20. The van der Waals surface area contributed by atoms with Crippen molar-refractivity contribution in [3.8, 4) is 10.6 Å². The summed E-state index contributed by atoms with van der Waals surface area (Å²) in [4.78, 5) is 0. The number of aryl methyl sites for hydroxylation is 1. The molecule has 2 aromatic rings. The van der Waals surface area contributed by atoms with E-state index in [0.29, 0.717) is 10.0 Å². The lowest BCUT2D eigenvalue weighted by atomic mass is 10.2. The van der Waals surface area contributed by atoms with Gasteiger partial charge >= 0.3 is 0 Å². The van der Waals surface area contributed by atoms with Crippen LogP contribution in [0.4, 0.5) is 0 Å². The number of benzene rings is 1. The number of hydrogen-bond donors (Lipinski definition) is 1. The summed E-state index contributed by atoms with van der Waals surface area (Å²) in [5.41, 5.74) is 0.860. The summed E-state index contributed by atoms with van der Waals surface area (Å²) in [6.07, 6.45) is 4.70. The fourth-order valence-corrected chi connectivity index (χ4v) is 3.32. The summed E-state index contributed by atoms with van der Waals surface area (Å²) in [5, 5.41) is 14.9. The van der Waals surface area contributed by atoms with Crippen LogP contribution in [0.3, 0.4) is 0 Å². The molecule has 1 N–H and O–H groups in total. The van der Waals surface area contributed by atoms with Crippen molar-refractivity contribution in [2.45, 2.75) is 31.7 Å². The molecule has 1 aliphatic rings. The van der Waals surface area contributed by atoms with E-state index in [0.717, 1.165) is 41.0 Å². The number of nitrogens with zero attached hydrogens (tertiary/aromatic N) is 2. The van der Waals surface area contributed by atoms with Gasteiger partial charge in [-0.15, -0.1) is 10.2 Å². The molecule has 0 spiro atoms.